The van der Waals surface area contributed by atoms with E-state index in [1.807, 2.05) is 17.8 Å². The standard InChI is InChI=1S/C17H22N2S/c1-2-16-13-19(15-11-7-4-8-12-15)17(20-16)18-14-9-5-3-6-10-14/h2-3,5-6,9-10,15-16H,1,4,7-8,11-13H2. The van der Waals surface area contributed by atoms with Crippen LogP contribution in [-0.2, 0) is 0 Å². The molecule has 2 nitrogen and oxygen atoms in total. The SMILES string of the molecule is C=CC1CN(C2CCCCC2)C(=Nc2ccccc2)S1. The molecule has 1 heterocycles. The molecule has 0 amide bonds. The van der Waals surface area contributed by atoms with Gasteiger partial charge in [0, 0.05) is 17.8 Å². The molecule has 1 aliphatic heterocycles. The molecule has 106 valence electrons. The van der Waals surface area contributed by atoms with Gasteiger partial charge >= 0.3 is 0 Å². The Morgan fingerprint density at radius 1 is 1.15 bits per heavy atom. The minimum Gasteiger partial charge on any atom is -0.347 e. The number of amidine groups is 1. The Bertz CT molecular complexity index is 477. The maximum atomic E-state index is 4.87. The minimum absolute atomic E-state index is 0.486. The van der Waals surface area contributed by atoms with Gasteiger partial charge in [0.05, 0.1) is 5.69 Å². The van der Waals surface area contributed by atoms with Crippen LogP contribution >= 0.6 is 11.8 Å². The number of aliphatic imine (C=N–C) groups is 1. The lowest BCUT2D eigenvalue weighted by atomic mass is 9.94. The molecule has 1 unspecified atom stereocenters. The van der Waals surface area contributed by atoms with Crippen molar-refractivity contribution in [1.82, 2.24) is 4.90 Å². The summed E-state index contributed by atoms with van der Waals surface area (Å²) < 4.78 is 0. The highest BCUT2D eigenvalue weighted by molar-refractivity contribution is 8.14. The Labute approximate surface area is 126 Å². The van der Waals surface area contributed by atoms with Crippen molar-refractivity contribution >= 4 is 22.6 Å². The van der Waals surface area contributed by atoms with Gasteiger partial charge in [0.1, 0.15) is 0 Å². The quantitative estimate of drug-likeness (QED) is 0.754. The van der Waals surface area contributed by atoms with Crippen molar-refractivity contribution in [3.8, 4) is 0 Å². The van der Waals surface area contributed by atoms with Gasteiger partial charge in [0.2, 0.25) is 0 Å². The molecule has 1 aromatic carbocycles. The van der Waals surface area contributed by atoms with E-state index in [2.05, 4.69) is 41.8 Å². The van der Waals surface area contributed by atoms with Crippen molar-refractivity contribution < 1.29 is 0 Å². The first kappa shape index (κ1) is 13.7. The fraction of sp³-hybridized carbons (Fsp3) is 0.471. The second kappa shape index (κ2) is 6.49. The summed E-state index contributed by atoms with van der Waals surface area (Å²) in [5, 5.41) is 1.67. The van der Waals surface area contributed by atoms with Crippen LogP contribution in [0.25, 0.3) is 0 Å². The fourth-order valence-electron chi connectivity index (χ4n) is 3.04. The summed E-state index contributed by atoms with van der Waals surface area (Å²) in [4.78, 5) is 7.40. The molecule has 0 aromatic heterocycles. The Hall–Kier alpha value is -1.22. The largest absolute Gasteiger partial charge is 0.347 e. The zero-order valence-electron chi connectivity index (χ0n) is 11.9. The molecule has 1 saturated heterocycles. The van der Waals surface area contributed by atoms with E-state index in [4.69, 9.17) is 4.99 Å². The van der Waals surface area contributed by atoms with Gasteiger partial charge in [-0.25, -0.2) is 4.99 Å². The Morgan fingerprint density at radius 3 is 2.60 bits per heavy atom. The van der Waals surface area contributed by atoms with Crippen molar-refractivity contribution in [2.24, 2.45) is 4.99 Å². The topological polar surface area (TPSA) is 15.6 Å². The van der Waals surface area contributed by atoms with E-state index in [1.165, 1.54) is 37.3 Å². The molecule has 0 bridgehead atoms. The maximum Gasteiger partial charge on any atom is 0.165 e. The van der Waals surface area contributed by atoms with Crippen LogP contribution in [0.4, 0.5) is 5.69 Å². The monoisotopic (exact) mass is 286 g/mol. The smallest absolute Gasteiger partial charge is 0.165 e. The molecule has 2 aliphatic rings. The van der Waals surface area contributed by atoms with Gasteiger partial charge in [-0.05, 0) is 25.0 Å². The highest BCUT2D eigenvalue weighted by Gasteiger charge is 2.32. The van der Waals surface area contributed by atoms with E-state index >= 15 is 0 Å². The van der Waals surface area contributed by atoms with Crippen LogP contribution in [0.15, 0.2) is 48.0 Å². The molecular weight excluding hydrogens is 264 g/mol. The summed E-state index contributed by atoms with van der Waals surface area (Å²) in [6.45, 7) is 5.04. The molecule has 0 radical (unpaired) electrons. The van der Waals surface area contributed by atoms with Crippen molar-refractivity contribution in [1.29, 1.82) is 0 Å². The third-order valence-electron chi connectivity index (χ3n) is 4.14. The fourth-order valence-corrected chi connectivity index (χ4v) is 4.16. The number of rotatable bonds is 3. The molecule has 0 N–H and O–H groups in total. The number of hydrogen-bond acceptors (Lipinski definition) is 2. The molecule has 1 atom stereocenters. The third-order valence-corrected chi connectivity index (χ3v) is 5.32. The highest BCUT2D eigenvalue weighted by atomic mass is 32.2. The van der Waals surface area contributed by atoms with Gasteiger partial charge < -0.3 is 4.90 Å². The predicted molar refractivity (Wildman–Crippen MR) is 88.7 cm³/mol. The van der Waals surface area contributed by atoms with Crippen LogP contribution in [0.5, 0.6) is 0 Å². The summed E-state index contributed by atoms with van der Waals surface area (Å²) >= 11 is 1.87. The molecular formula is C17H22N2S. The van der Waals surface area contributed by atoms with Crippen molar-refractivity contribution in [2.75, 3.05) is 6.54 Å². The van der Waals surface area contributed by atoms with Crippen molar-refractivity contribution in [2.45, 2.75) is 43.4 Å². The molecule has 1 saturated carbocycles. The van der Waals surface area contributed by atoms with E-state index < -0.39 is 0 Å². The van der Waals surface area contributed by atoms with E-state index in [0.29, 0.717) is 11.3 Å². The van der Waals surface area contributed by atoms with Gasteiger partial charge in [-0.15, -0.1) is 6.58 Å². The predicted octanol–water partition coefficient (Wildman–Crippen LogP) is 4.61. The second-order valence-electron chi connectivity index (χ2n) is 5.57. The molecule has 1 aromatic rings. The van der Waals surface area contributed by atoms with E-state index in [9.17, 15) is 0 Å². The number of benzene rings is 1. The number of hydrogen-bond donors (Lipinski definition) is 0. The zero-order valence-corrected chi connectivity index (χ0v) is 12.7. The average Bonchev–Trinajstić information content (AvgIpc) is 2.92. The average molecular weight is 286 g/mol. The van der Waals surface area contributed by atoms with Gasteiger partial charge in [-0.1, -0.05) is 55.3 Å². The Kier molecular flexibility index (Phi) is 4.46. The van der Waals surface area contributed by atoms with Crippen LogP contribution in [0.3, 0.4) is 0 Å². The lowest BCUT2D eigenvalue weighted by molar-refractivity contribution is 0.257. The molecule has 3 rings (SSSR count). The number of thioether (sulfide) groups is 1. The maximum absolute atomic E-state index is 4.87. The second-order valence-corrected chi connectivity index (χ2v) is 6.77. The summed E-state index contributed by atoms with van der Waals surface area (Å²) in [6.07, 6.45) is 8.82. The lowest BCUT2D eigenvalue weighted by Crippen LogP contribution is -2.38. The minimum atomic E-state index is 0.486. The van der Waals surface area contributed by atoms with Crippen molar-refractivity contribution in [3.05, 3.63) is 43.0 Å². The first-order valence-corrected chi connectivity index (χ1v) is 8.44. The van der Waals surface area contributed by atoms with Crippen LogP contribution in [-0.4, -0.2) is 27.9 Å². The van der Waals surface area contributed by atoms with Crippen LogP contribution in [0.2, 0.25) is 0 Å². The lowest BCUT2D eigenvalue weighted by Gasteiger charge is -2.32. The van der Waals surface area contributed by atoms with Crippen molar-refractivity contribution in [3.63, 3.8) is 0 Å². The summed E-state index contributed by atoms with van der Waals surface area (Å²) in [7, 11) is 0. The molecule has 3 heteroatoms. The molecule has 20 heavy (non-hydrogen) atoms. The Balaban J connectivity index is 1.82. The van der Waals surface area contributed by atoms with E-state index in [0.717, 1.165) is 12.2 Å². The van der Waals surface area contributed by atoms with Crippen LogP contribution in [0.1, 0.15) is 32.1 Å². The first-order chi connectivity index (χ1) is 9.86. The van der Waals surface area contributed by atoms with E-state index in [1.54, 1.807) is 0 Å². The van der Waals surface area contributed by atoms with Crippen LogP contribution < -0.4 is 0 Å². The zero-order chi connectivity index (χ0) is 13.8. The number of para-hydroxylation sites is 1. The summed E-state index contributed by atoms with van der Waals surface area (Å²) in [5.74, 6) is 0. The third kappa shape index (κ3) is 3.09. The van der Waals surface area contributed by atoms with Gasteiger partial charge in [-0.2, -0.15) is 0 Å². The van der Waals surface area contributed by atoms with Gasteiger partial charge in [-0.3, -0.25) is 0 Å². The van der Waals surface area contributed by atoms with Gasteiger partial charge in [0.15, 0.2) is 5.17 Å². The summed E-state index contributed by atoms with van der Waals surface area (Å²) in [5.41, 5.74) is 1.06. The molecule has 2 fully saturated rings. The number of nitrogens with zero attached hydrogens (tertiary/aromatic N) is 2. The normalized spacial score (nSPS) is 26.1. The van der Waals surface area contributed by atoms with E-state index in [-0.39, 0.29) is 0 Å². The first-order valence-electron chi connectivity index (χ1n) is 7.56. The highest BCUT2D eigenvalue weighted by Crippen LogP contribution is 2.34. The van der Waals surface area contributed by atoms with Gasteiger partial charge in [0.25, 0.3) is 0 Å². The summed E-state index contributed by atoms with van der Waals surface area (Å²) in [6, 6.07) is 11.0. The van der Waals surface area contributed by atoms with Crippen LogP contribution in [0, 0.1) is 0 Å². The molecule has 0 spiro atoms. The Morgan fingerprint density at radius 2 is 1.90 bits per heavy atom. The molecule has 1 aliphatic carbocycles.